The Morgan fingerprint density at radius 3 is 2.63 bits per heavy atom. The van der Waals surface area contributed by atoms with Gasteiger partial charge in [-0.15, -0.1) is 0 Å². The minimum atomic E-state index is -0.234. The Morgan fingerprint density at radius 2 is 1.93 bits per heavy atom. The van der Waals surface area contributed by atoms with Gasteiger partial charge in [-0.05, 0) is 56.0 Å². The number of carbonyl (C=O) groups is 1. The summed E-state index contributed by atoms with van der Waals surface area (Å²) in [5, 5.41) is 1.77. The summed E-state index contributed by atoms with van der Waals surface area (Å²) in [6.45, 7) is 6.27. The van der Waals surface area contributed by atoms with Gasteiger partial charge in [-0.3, -0.25) is 0 Å². The summed E-state index contributed by atoms with van der Waals surface area (Å²) < 4.78 is 5.33. The van der Waals surface area contributed by atoms with Gasteiger partial charge in [0.25, 0.3) is 0 Å². The lowest BCUT2D eigenvalue weighted by atomic mass is 9.77. The van der Waals surface area contributed by atoms with Gasteiger partial charge in [0.05, 0.1) is 11.6 Å². The number of nitrogens with one attached hydrogen (secondary N) is 1. The molecule has 0 bridgehead atoms. The first-order valence-corrected chi connectivity index (χ1v) is 9.63. The number of aromatic amines is 1. The third kappa shape index (κ3) is 2.96. The number of allylic oxidation sites excluding steroid dienone is 1. The van der Waals surface area contributed by atoms with Crippen molar-refractivity contribution in [3.05, 3.63) is 75.4 Å². The summed E-state index contributed by atoms with van der Waals surface area (Å²) in [5.41, 5.74) is 7.22. The maximum absolute atomic E-state index is 12.6. The number of aryl methyl sites for hydroxylation is 1. The monoisotopic (exact) mass is 379 g/mol. The molecule has 1 unspecified atom stereocenters. The van der Waals surface area contributed by atoms with Crippen molar-refractivity contribution in [1.29, 1.82) is 0 Å². The molecule has 2 aromatic carbocycles. The molecule has 4 heteroatoms. The van der Waals surface area contributed by atoms with E-state index < -0.39 is 0 Å². The molecule has 1 aliphatic carbocycles. The number of H-pyrrole nitrogens is 1. The van der Waals surface area contributed by atoms with Crippen molar-refractivity contribution in [3.63, 3.8) is 0 Å². The van der Waals surface area contributed by atoms with Crippen molar-refractivity contribution in [2.75, 3.05) is 6.61 Å². The molecule has 0 amide bonds. The molecule has 4 rings (SSSR count). The Balaban J connectivity index is 1.98. The maximum Gasteiger partial charge on any atom is 0.334 e. The number of carbonyl (C=O) groups excluding carboxylic acids is 1. The standard InChI is InChI=1S/C23H22ClNO2/c1-4-27-23(26)16-12-17(15-10-8-13(2)9-11-15)20-21-18(24)6-5-7-19(21)25-22(20)14(16)3/h5-11,17,25H,4,12H2,1-3H3. The highest BCUT2D eigenvalue weighted by Crippen LogP contribution is 2.47. The molecule has 3 nitrogen and oxygen atoms in total. The fourth-order valence-corrected chi connectivity index (χ4v) is 4.30. The number of halogens is 1. The molecule has 0 radical (unpaired) electrons. The first-order chi connectivity index (χ1) is 13.0. The van der Waals surface area contributed by atoms with E-state index in [2.05, 4.69) is 36.2 Å². The zero-order chi connectivity index (χ0) is 19.1. The van der Waals surface area contributed by atoms with Gasteiger partial charge < -0.3 is 9.72 Å². The lowest BCUT2D eigenvalue weighted by Gasteiger charge is -2.26. The first-order valence-electron chi connectivity index (χ1n) is 9.25. The number of hydrogen-bond donors (Lipinski definition) is 1. The maximum atomic E-state index is 12.6. The second kappa shape index (κ2) is 6.90. The minimum absolute atomic E-state index is 0.0531. The number of esters is 1. The predicted molar refractivity (Wildman–Crippen MR) is 110 cm³/mol. The number of fused-ring (bicyclic) bond motifs is 3. The highest BCUT2D eigenvalue weighted by atomic mass is 35.5. The van der Waals surface area contributed by atoms with Gasteiger partial charge in [-0.1, -0.05) is 47.5 Å². The highest BCUT2D eigenvalue weighted by Gasteiger charge is 2.33. The molecule has 1 N–H and O–H groups in total. The second-order valence-corrected chi connectivity index (χ2v) is 7.47. The van der Waals surface area contributed by atoms with E-state index in [9.17, 15) is 4.79 Å². The average molecular weight is 380 g/mol. The van der Waals surface area contributed by atoms with Crippen LogP contribution in [0.25, 0.3) is 16.5 Å². The SMILES string of the molecule is CCOC(=O)C1=C(C)c2[nH]c3cccc(Cl)c3c2C(c2ccc(C)cc2)C1. The van der Waals surface area contributed by atoms with Gasteiger partial charge in [-0.25, -0.2) is 4.79 Å². The van der Waals surface area contributed by atoms with Crippen LogP contribution in [-0.2, 0) is 9.53 Å². The Kier molecular flexibility index (Phi) is 4.56. The normalized spacial score (nSPS) is 16.5. The smallest absolute Gasteiger partial charge is 0.334 e. The molecule has 1 atom stereocenters. The van der Waals surface area contributed by atoms with Crippen molar-refractivity contribution < 1.29 is 9.53 Å². The van der Waals surface area contributed by atoms with Crippen molar-refractivity contribution in [3.8, 4) is 0 Å². The quantitative estimate of drug-likeness (QED) is 0.567. The van der Waals surface area contributed by atoms with Crippen molar-refractivity contribution in [1.82, 2.24) is 4.98 Å². The number of rotatable bonds is 3. The molecule has 0 aliphatic heterocycles. The lowest BCUT2D eigenvalue weighted by molar-refractivity contribution is -0.138. The summed E-state index contributed by atoms with van der Waals surface area (Å²) in [4.78, 5) is 16.1. The third-order valence-electron chi connectivity index (χ3n) is 5.40. The molecule has 0 fully saturated rings. The zero-order valence-corrected chi connectivity index (χ0v) is 16.5. The summed E-state index contributed by atoms with van der Waals surface area (Å²) in [6, 6.07) is 14.4. The molecule has 0 saturated carbocycles. The van der Waals surface area contributed by atoms with Gasteiger partial charge >= 0.3 is 5.97 Å². The Morgan fingerprint density at radius 1 is 1.19 bits per heavy atom. The third-order valence-corrected chi connectivity index (χ3v) is 5.71. The number of aromatic nitrogens is 1. The fourth-order valence-electron chi connectivity index (χ4n) is 4.02. The molecule has 1 aliphatic rings. The molecular weight excluding hydrogens is 358 g/mol. The minimum Gasteiger partial charge on any atom is -0.463 e. The second-order valence-electron chi connectivity index (χ2n) is 7.07. The van der Waals surface area contributed by atoms with Crippen LogP contribution in [0.1, 0.15) is 48.6 Å². The van der Waals surface area contributed by atoms with E-state index in [1.165, 1.54) is 16.7 Å². The van der Waals surface area contributed by atoms with Gasteiger partial charge in [0.2, 0.25) is 0 Å². The lowest BCUT2D eigenvalue weighted by Crippen LogP contribution is -2.18. The first kappa shape index (κ1) is 17.9. The predicted octanol–water partition coefficient (Wildman–Crippen LogP) is 6.00. The van der Waals surface area contributed by atoms with Crippen molar-refractivity contribution in [2.45, 2.75) is 33.1 Å². The molecule has 0 saturated heterocycles. The van der Waals surface area contributed by atoms with Crippen LogP contribution in [-0.4, -0.2) is 17.6 Å². The van der Waals surface area contributed by atoms with Crippen LogP contribution in [0.15, 0.2) is 48.0 Å². The van der Waals surface area contributed by atoms with Crippen LogP contribution >= 0.6 is 11.6 Å². The molecule has 0 spiro atoms. The van der Waals surface area contributed by atoms with E-state index in [1.54, 1.807) is 0 Å². The van der Waals surface area contributed by atoms with Gasteiger partial charge in [0.15, 0.2) is 0 Å². The molecule has 138 valence electrons. The van der Waals surface area contributed by atoms with Crippen molar-refractivity contribution in [2.24, 2.45) is 0 Å². The van der Waals surface area contributed by atoms with Crippen molar-refractivity contribution >= 4 is 34.0 Å². The van der Waals surface area contributed by atoms with Crippen LogP contribution in [0.5, 0.6) is 0 Å². The van der Waals surface area contributed by atoms with Gasteiger partial charge in [0, 0.05) is 28.1 Å². The highest BCUT2D eigenvalue weighted by molar-refractivity contribution is 6.36. The zero-order valence-electron chi connectivity index (χ0n) is 15.7. The van der Waals surface area contributed by atoms with E-state index in [4.69, 9.17) is 16.3 Å². The summed E-state index contributed by atoms with van der Waals surface area (Å²) >= 11 is 6.58. The van der Waals surface area contributed by atoms with Crippen LogP contribution in [0, 0.1) is 6.92 Å². The van der Waals surface area contributed by atoms with Crippen LogP contribution < -0.4 is 0 Å². The van der Waals surface area contributed by atoms with E-state index in [0.29, 0.717) is 13.0 Å². The van der Waals surface area contributed by atoms with Crippen LogP contribution in [0.4, 0.5) is 0 Å². The molecular formula is C23H22ClNO2. The van der Waals surface area contributed by atoms with E-state index >= 15 is 0 Å². The van der Waals surface area contributed by atoms with Crippen LogP contribution in [0.3, 0.4) is 0 Å². The number of hydrogen-bond acceptors (Lipinski definition) is 2. The topological polar surface area (TPSA) is 42.1 Å². The summed E-state index contributed by atoms with van der Waals surface area (Å²) in [5.74, 6) is -0.181. The average Bonchev–Trinajstić information content (AvgIpc) is 3.05. The van der Waals surface area contributed by atoms with E-state index in [0.717, 1.165) is 32.8 Å². The molecule has 1 heterocycles. The van der Waals surface area contributed by atoms with Gasteiger partial charge in [0.1, 0.15) is 0 Å². The Labute approximate surface area is 164 Å². The van der Waals surface area contributed by atoms with E-state index in [-0.39, 0.29) is 11.9 Å². The van der Waals surface area contributed by atoms with E-state index in [1.807, 2.05) is 32.0 Å². The number of benzene rings is 2. The molecule has 1 aromatic heterocycles. The van der Waals surface area contributed by atoms with Crippen LogP contribution in [0.2, 0.25) is 5.02 Å². The Hall–Kier alpha value is -2.52. The summed E-state index contributed by atoms with van der Waals surface area (Å²) in [7, 11) is 0. The Bertz CT molecular complexity index is 1060. The number of ether oxygens (including phenoxy) is 1. The largest absolute Gasteiger partial charge is 0.463 e. The molecule has 3 aromatic rings. The fraction of sp³-hybridized carbons (Fsp3) is 0.261. The summed E-state index contributed by atoms with van der Waals surface area (Å²) in [6.07, 6.45) is 0.610. The molecule has 27 heavy (non-hydrogen) atoms. The van der Waals surface area contributed by atoms with Gasteiger partial charge in [-0.2, -0.15) is 0 Å².